The number of nitrogens with zero attached hydrogens (tertiary/aromatic N) is 4. The molecule has 0 aliphatic carbocycles. The number of anilines is 1. The molecule has 0 radical (unpaired) electrons. The fraction of sp³-hybridized carbons (Fsp3) is 0.581. The van der Waals surface area contributed by atoms with E-state index in [-0.39, 0.29) is 31.4 Å². The molecule has 1 aliphatic rings. The number of rotatable bonds is 25. The van der Waals surface area contributed by atoms with Gasteiger partial charge in [0.05, 0.1) is 31.5 Å². The Morgan fingerprint density at radius 2 is 1.28 bits per heavy atom. The Hall–Kier alpha value is -4.56. The van der Waals surface area contributed by atoms with Crippen LogP contribution in [0.5, 0.6) is 5.88 Å². The number of hydrogen-bond acceptors (Lipinski definition) is 13. The summed E-state index contributed by atoms with van der Waals surface area (Å²) in [6.07, 6.45) is 27.9. The van der Waals surface area contributed by atoms with Gasteiger partial charge in [-0.1, -0.05) is 79.8 Å². The number of carbonyl (C=O) groups is 4. The molecule has 2 rings (SSSR count). The molecule has 57 heavy (non-hydrogen) atoms. The fourth-order valence-corrected chi connectivity index (χ4v) is 5.85. The topological polar surface area (TPSA) is 147 Å². The molecule has 1 unspecified atom stereocenters. The first-order valence-electron chi connectivity index (χ1n) is 19.9. The average Bonchev–Trinajstić information content (AvgIpc) is 3.65. The average molecular weight is 813 g/mol. The van der Waals surface area contributed by atoms with E-state index in [1.54, 1.807) is 4.90 Å². The van der Waals surface area contributed by atoms with Crippen molar-refractivity contribution < 1.29 is 42.9 Å². The van der Waals surface area contributed by atoms with Gasteiger partial charge in [0, 0.05) is 32.0 Å². The molecule has 13 nitrogen and oxygen atoms in total. The molecule has 0 saturated carbocycles. The first kappa shape index (κ1) is 48.6. The van der Waals surface area contributed by atoms with Crippen LogP contribution >= 0.6 is 11.7 Å². The standard InChI is InChI=1S/C43H64N4O9S/c1-8-9-10-11-12-13-14-15-16-17-18-19-20-21-22-23-24-25-26-27-38(49)54-34(2)41(50)55-35(3)42(51)56-37(32-47(36(4)48)43(5,6)7)33-53-40-39(44-57-45-40)46-28-30-52-31-29-46/h9-10,12-13,15-16,18-19,21-22,24-25,34-35,37H,8,11,14,17,20,23,26-33H2,1-7H3/b10-9-,13-12-,16-15-,19-18-,22-21-,25-24-/t34-,35?,37-/m0/s1. The Morgan fingerprint density at radius 1 is 0.772 bits per heavy atom. The van der Waals surface area contributed by atoms with Crippen LogP contribution in [0.2, 0.25) is 0 Å². The summed E-state index contributed by atoms with van der Waals surface area (Å²) in [4.78, 5) is 54.4. The second-order valence-electron chi connectivity index (χ2n) is 14.3. The van der Waals surface area contributed by atoms with E-state index >= 15 is 0 Å². The third kappa shape index (κ3) is 21.0. The molecule has 2 heterocycles. The highest BCUT2D eigenvalue weighted by Gasteiger charge is 2.32. The van der Waals surface area contributed by atoms with Gasteiger partial charge in [-0.15, -0.1) is 4.37 Å². The van der Waals surface area contributed by atoms with Crippen molar-refractivity contribution in [3.8, 4) is 5.88 Å². The number of allylic oxidation sites excluding steroid dienone is 12. The zero-order valence-corrected chi connectivity index (χ0v) is 35.7. The highest BCUT2D eigenvalue weighted by molar-refractivity contribution is 6.99. The first-order valence-corrected chi connectivity index (χ1v) is 20.6. The maximum Gasteiger partial charge on any atom is 0.347 e. The maximum atomic E-state index is 13.2. The minimum atomic E-state index is -1.33. The molecule has 0 spiro atoms. The number of morpholine rings is 1. The number of ether oxygens (including phenoxy) is 5. The van der Waals surface area contributed by atoms with E-state index in [0.29, 0.717) is 38.5 Å². The molecular weight excluding hydrogens is 749 g/mol. The number of esters is 3. The molecule has 3 atom stereocenters. The molecule has 0 N–H and O–H groups in total. The number of aromatic nitrogens is 2. The van der Waals surface area contributed by atoms with Crippen LogP contribution in [-0.2, 0) is 38.1 Å². The molecule has 1 amide bonds. The van der Waals surface area contributed by atoms with Crippen LogP contribution in [-0.4, -0.2) is 101 Å². The van der Waals surface area contributed by atoms with Gasteiger partial charge in [-0.25, -0.2) is 9.59 Å². The van der Waals surface area contributed by atoms with Gasteiger partial charge in [-0.2, -0.15) is 4.37 Å². The van der Waals surface area contributed by atoms with Gasteiger partial charge in [0.25, 0.3) is 5.88 Å². The lowest BCUT2D eigenvalue weighted by Crippen LogP contribution is -2.50. The lowest BCUT2D eigenvalue weighted by Gasteiger charge is -2.37. The van der Waals surface area contributed by atoms with Crippen molar-refractivity contribution in [2.45, 2.75) is 124 Å². The van der Waals surface area contributed by atoms with Crippen molar-refractivity contribution in [1.29, 1.82) is 0 Å². The molecule has 0 aromatic carbocycles. The Morgan fingerprint density at radius 3 is 1.81 bits per heavy atom. The predicted octanol–water partition coefficient (Wildman–Crippen LogP) is 7.65. The SMILES string of the molecule is CC/C=C\C/C=C\C/C=C\C/C=C\C/C=C\C/C=C\CCC(=O)O[C@@H](C)C(=O)OC(C)C(=O)O[C@H](COc1nsnc1N1CCOCC1)CN(C(C)=O)C(C)(C)C. The van der Waals surface area contributed by atoms with Gasteiger partial charge in [-0.05, 0) is 79.6 Å². The largest absolute Gasteiger partial charge is 0.470 e. The highest BCUT2D eigenvalue weighted by Crippen LogP contribution is 2.27. The minimum Gasteiger partial charge on any atom is -0.470 e. The second-order valence-corrected chi connectivity index (χ2v) is 14.9. The van der Waals surface area contributed by atoms with Crippen molar-refractivity contribution in [2.24, 2.45) is 0 Å². The summed E-state index contributed by atoms with van der Waals surface area (Å²) in [7, 11) is 0. The number of hydrogen-bond donors (Lipinski definition) is 0. The Labute approximate surface area is 343 Å². The van der Waals surface area contributed by atoms with Crippen LogP contribution < -0.4 is 9.64 Å². The Bertz CT molecular complexity index is 1540. The van der Waals surface area contributed by atoms with Crippen LogP contribution in [0.15, 0.2) is 72.9 Å². The normalized spacial score (nSPS) is 15.6. The summed E-state index contributed by atoms with van der Waals surface area (Å²) >= 11 is 0.997. The van der Waals surface area contributed by atoms with E-state index in [1.165, 1.54) is 20.8 Å². The fourth-order valence-electron chi connectivity index (χ4n) is 5.33. The summed E-state index contributed by atoms with van der Waals surface area (Å²) in [5.74, 6) is -1.68. The van der Waals surface area contributed by atoms with Gasteiger partial charge in [-0.3, -0.25) is 9.59 Å². The lowest BCUT2D eigenvalue weighted by atomic mass is 10.1. The zero-order chi connectivity index (χ0) is 41.9. The third-order valence-electron chi connectivity index (χ3n) is 8.39. The molecule has 1 aromatic heterocycles. The van der Waals surface area contributed by atoms with Crippen LogP contribution in [0.3, 0.4) is 0 Å². The number of carbonyl (C=O) groups excluding carboxylic acids is 4. The van der Waals surface area contributed by atoms with Crippen molar-refractivity contribution >= 4 is 41.4 Å². The van der Waals surface area contributed by atoms with Crippen LogP contribution in [0, 0.1) is 0 Å². The molecule has 1 aliphatic heterocycles. The first-order chi connectivity index (χ1) is 27.3. The summed E-state index contributed by atoms with van der Waals surface area (Å²) in [5, 5.41) is 0. The quantitative estimate of drug-likeness (QED) is 0.0543. The van der Waals surface area contributed by atoms with E-state index in [9.17, 15) is 19.2 Å². The lowest BCUT2D eigenvalue weighted by molar-refractivity contribution is -0.180. The third-order valence-corrected chi connectivity index (χ3v) is 8.90. The van der Waals surface area contributed by atoms with E-state index in [1.807, 2.05) is 37.8 Å². The highest BCUT2D eigenvalue weighted by atomic mass is 32.1. The predicted molar refractivity (Wildman–Crippen MR) is 224 cm³/mol. The van der Waals surface area contributed by atoms with Gasteiger partial charge < -0.3 is 33.5 Å². The molecule has 1 fully saturated rings. The smallest absolute Gasteiger partial charge is 0.347 e. The van der Waals surface area contributed by atoms with Gasteiger partial charge in [0.2, 0.25) is 11.7 Å². The van der Waals surface area contributed by atoms with E-state index in [2.05, 4.69) is 76.4 Å². The van der Waals surface area contributed by atoms with E-state index in [4.69, 9.17) is 23.7 Å². The summed E-state index contributed by atoms with van der Waals surface area (Å²) < 4.78 is 36.3. The minimum absolute atomic E-state index is 0.0144. The second kappa shape index (κ2) is 27.9. The monoisotopic (exact) mass is 812 g/mol. The molecule has 0 bridgehead atoms. The number of amides is 1. The van der Waals surface area contributed by atoms with Gasteiger partial charge in [0.15, 0.2) is 18.3 Å². The van der Waals surface area contributed by atoms with E-state index < -0.39 is 41.8 Å². The van der Waals surface area contributed by atoms with Gasteiger partial charge >= 0.3 is 17.9 Å². The summed E-state index contributed by atoms with van der Waals surface area (Å²) in [5.41, 5.74) is -0.582. The van der Waals surface area contributed by atoms with Crippen LogP contribution in [0.25, 0.3) is 0 Å². The van der Waals surface area contributed by atoms with Crippen molar-refractivity contribution in [3.05, 3.63) is 72.9 Å². The van der Waals surface area contributed by atoms with Gasteiger partial charge in [0.1, 0.15) is 6.61 Å². The zero-order valence-electron chi connectivity index (χ0n) is 34.9. The van der Waals surface area contributed by atoms with Crippen molar-refractivity contribution in [2.75, 3.05) is 44.4 Å². The summed E-state index contributed by atoms with van der Waals surface area (Å²) in [6.45, 7) is 14.1. The maximum absolute atomic E-state index is 13.2. The van der Waals surface area contributed by atoms with E-state index in [0.717, 1.165) is 50.3 Å². The molecule has 1 aromatic rings. The van der Waals surface area contributed by atoms with Crippen LogP contribution in [0.1, 0.15) is 99.8 Å². The van der Waals surface area contributed by atoms with Crippen molar-refractivity contribution in [1.82, 2.24) is 13.6 Å². The Kier molecular flexibility index (Phi) is 23.8. The molecule has 316 valence electrons. The summed E-state index contributed by atoms with van der Waals surface area (Å²) in [6, 6.07) is 0. The van der Waals surface area contributed by atoms with Crippen molar-refractivity contribution in [3.63, 3.8) is 0 Å². The molecule has 1 saturated heterocycles. The Balaban J connectivity index is 1.76. The van der Waals surface area contributed by atoms with Crippen LogP contribution in [0.4, 0.5) is 5.82 Å². The molecular formula is C43H64N4O9S. The molecule has 14 heteroatoms.